The molecule has 1 aromatic rings. The van der Waals surface area contributed by atoms with Gasteiger partial charge in [-0.15, -0.1) is 0 Å². The number of methoxy groups -OCH3 is 1. The summed E-state index contributed by atoms with van der Waals surface area (Å²) in [6.07, 6.45) is 0.983. The highest BCUT2D eigenvalue weighted by molar-refractivity contribution is 5.43. The topological polar surface area (TPSA) is 41.5 Å². The summed E-state index contributed by atoms with van der Waals surface area (Å²) in [4.78, 5) is 0. The summed E-state index contributed by atoms with van der Waals surface area (Å²) in [6.45, 7) is 5.96. The average Bonchev–Trinajstić information content (AvgIpc) is 2.30. The Bertz CT molecular complexity index is 337. The summed E-state index contributed by atoms with van der Waals surface area (Å²) in [7, 11) is 1.70. The van der Waals surface area contributed by atoms with Gasteiger partial charge in [0.1, 0.15) is 5.75 Å². The van der Waals surface area contributed by atoms with E-state index in [9.17, 15) is 0 Å². The maximum atomic E-state index is 8.65. The van der Waals surface area contributed by atoms with Gasteiger partial charge in [0.25, 0.3) is 0 Å². The molecule has 0 saturated heterocycles. The first-order chi connectivity index (χ1) is 7.70. The molecule has 16 heavy (non-hydrogen) atoms. The fourth-order valence-corrected chi connectivity index (χ4v) is 1.77. The van der Waals surface area contributed by atoms with Crippen LogP contribution in [0.1, 0.15) is 16.7 Å². The van der Waals surface area contributed by atoms with Gasteiger partial charge in [-0.2, -0.15) is 0 Å². The molecule has 0 aliphatic carbocycles. The molecule has 0 aromatic heterocycles. The van der Waals surface area contributed by atoms with Crippen molar-refractivity contribution in [2.75, 3.05) is 26.8 Å². The van der Waals surface area contributed by atoms with Crippen molar-refractivity contribution in [3.63, 3.8) is 0 Å². The molecule has 3 heteroatoms. The van der Waals surface area contributed by atoms with Gasteiger partial charge in [-0.1, -0.05) is 6.07 Å². The molecule has 0 unspecified atom stereocenters. The third-order valence-corrected chi connectivity index (χ3v) is 2.93. The molecule has 0 atom stereocenters. The van der Waals surface area contributed by atoms with Crippen molar-refractivity contribution in [2.24, 2.45) is 0 Å². The molecule has 1 rings (SSSR count). The lowest BCUT2D eigenvalue weighted by Gasteiger charge is -2.12. The van der Waals surface area contributed by atoms with Crippen LogP contribution in [-0.2, 0) is 6.42 Å². The molecule has 0 saturated carbocycles. The van der Waals surface area contributed by atoms with Crippen molar-refractivity contribution in [1.29, 1.82) is 0 Å². The zero-order valence-corrected chi connectivity index (χ0v) is 10.3. The zero-order valence-electron chi connectivity index (χ0n) is 10.3. The standard InChI is InChI=1S/C13H21NO2/c1-10-11(2)13(16-3)5-4-12(10)6-7-14-8-9-15/h4-5,14-15H,6-9H2,1-3H3. The Labute approximate surface area is 97.4 Å². The third-order valence-electron chi connectivity index (χ3n) is 2.93. The number of rotatable bonds is 6. The van der Waals surface area contributed by atoms with Crippen LogP contribution in [0.3, 0.4) is 0 Å². The quantitative estimate of drug-likeness (QED) is 0.717. The number of aliphatic hydroxyl groups is 1. The lowest BCUT2D eigenvalue weighted by atomic mass is 10.00. The smallest absolute Gasteiger partial charge is 0.122 e. The molecule has 3 nitrogen and oxygen atoms in total. The predicted molar refractivity (Wildman–Crippen MR) is 66.1 cm³/mol. The number of benzene rings is 1. The van der Waals surface area contributed by atoms with E-state index in [0.717, 1.165) is 18.7 Å². The van der Waals surface area contributed by atoms with Crippen molar-refractivity contribution in [3.8, 4) is 5.75 Å². The largest absolute Gasteiger partial charge is 0.496 e. The van der Waals surface area contributed by atoms with Crippen LogP contribution in [0.15, 0.2) is 12.1 Å². The van der Waals surface area contributed by atoms with Gasteiger partial charge >= 0.3 is 0 Å². The second-order valence-electron chi connectivity index (χ2n) is 3.90. The molecular weight excluding hydrogens is 202 g/mol. The zero-order chi connectivity index (χ0) is 12.0. The first-order valence-electron chi connectivity index (χ1n) is 5.65. The lowest BCUT2D eigenvalue weighted by Crippen LogP contribution is -2.21. The highest BCUT2D eigenvalue weighted by Gasteiger charge is 2.05. The van der Waals surface area contributed by atoms with Gasteiger partial charge in [-0.3, -0.25) is 0 Å². The van der Waals surface area contributed by atoms with Gasteiger partial charge in [0.15, 0.2) is 0 Å². The van der Waals surface area contributed by atoms with Crippen LogP contribution >= 0.6 is 0 Å². The minimum absolute atomic E-state index is 0.195. The Morgan fingerprint density at radius 3 is 2.56 bits per heavy atom. The minimum Gasteiger partial charge on any atom is -0.496 e. The Balaban J connectivity index is 2.64. The summed E-state index contributed by atoms with van der Waals surface area (Å²) in [5.41, 5.74) is 3.84. The Morgan fingerprint density at radius 2 is 1.94 bits per heavy atom. The summed E-state index contributed by atoms with van der Waals surface area (Å²) in [5.74, 6) is 0.949. The molecule has 0 spiro atoms. The molecule has 0 bridgehead atoms. The summed E-state index contributed by atoms with van der Waals surface area (Å²) >= 11 is 0. The van der Waals surface area contributed by atoms with Gasteiger partial charge in [-0.25, -0.2) is 0 Å². The van der Waals surface area contributed by atoms with E-state index in [-0.39, 0.29) is 6.61 Å². The molecule has 0 amide bonds. The van der Waals surface area contributed by atoms with E-state index in [1.54, 1.807) is 7.11 Å². The first-order valence-corrected chi connectivity index (χ1v) is 5.65. The number of hydrogen-bond acceptors (Lipinski definition) is 3. The molecule has 90 valence electrons. The Kier molecular flexibility index (Phi) is 5.29. The number of aliphatic hydroxyl groups excluding tert-OH is 1. The van der Waals surface area contributed by atoms with E-state index in [4.69, 9.17) is 9.84 Å². The van der Waals surface area contributed by atoms with Crippen molar-refractivity contribution in [1.82, 2.24) is 5.32 Å². The van der Waals surface area contributed by atoms with Gasteiger partial charge in [0, 0.05) is 6.54 Å². The van der Waals surface area contributed by atoms with E-state index < -0.39 is 0 Å². The molecule has 0 fully saturated rings. The van der Waals surface area contributed by atoms with Crippen LogP contribution in [0.2, 0.25) is 0 Å². The normalized spacial score (nSPS) is 10.5. The third kappa shape index (κ3) is 3.22. The molecule has 0 heterocycles. The monoisotopic (exact) mass is 223 g/mol. The fourth-order valence-electron chi connectivity index (χ4n) is 1.77. The number of hydrogen-bond donors (Lipinski definition) is 2. The lowest BCUT2D eigenvalue weighted by molar-refractivity contribution is 0.293. The van der Waals surface area contributed by atoms with E-state index in [0.29, 0.717) is 6.54 Å². The predicted octanol–water partition coefficient (Wildman–Crippen LogP) is 1.44. The summed E-state index contributed by atoms with van der Waals surface area (Å²) in [5, 5.41) is 11.8. The van der Waals surface area contributed by atoms with Gasteiger partial charge in [0.2, 0.25) is 0 Å². The van der Waals surface area contributed by atoms with Crippen LogP contribution in [-0.4, -0.2) is 31.9 Å². The molecule has 1 aromatic carbocycles. The van der Waals surface area contributed by atoms with Crippen LogP contribution < -0.4 is 10.1 Å². The van der Waals surface area contributed by atoms with Gasteiger partial charge in [-0.05, 0) is 49.6 Å². The van der Waals surface area contributed by atoms with Crippen molar-refractivity contribution >= 4 is 0 Å². The second kappa shape index (κ2) is 6.51. The maximum Gasteiger partial charge on any atom is 0.122 e. The molecule has 0 aliphatic rings. The van der Waals surface area contributed by atoms with Crippen molar-refractivity contribution in [3.05, 3.63) is 28.8 Å². The number of nitrogens with one attached hydrogen (secondary N) is 1. The highest BCUT2D eigenvalue weighted by atomic mass is 16.5. The van der Waals surface area contributed by atoms with E-state index in [1.807, 2.05) is 6.07 Å². The SMILES string of the molecule is COc1ccc(CCNCCO)c(C)c1C. The Hall–Kier alpha value is -1.06. The van der Waals surface area contributed by atoms with Crippen LogP contribution in [0.25, 0.3) is 0 Å². The Morgan fingerprint density at radius 1 is 1.19 bits per heavy atom. The second-order valence-corrected chi connectivity index (χ2v) is 3.90. The van der Waals surface area contributed by atoms with E-state index in [1.165, 1.54) is 16.7 Å². The average molecular weight is 223 g/mol. The van der Waals surface area contributed by atoms with Crippen LogP contribution in [0, 0.1) is 13.8 Å². The molecule has 0 aliphatic heterocycles. The molecule has 0 radical (unpaired) electrons. The maximum absolute atomic E-state index is 8.65. The van der Waals surface area contributed by atoms with Crippen molar-refractivity contribution in [2.45, 2.75) is 20.3 Å². The number of ether oxygens (including phenoxy) is 1. The molecular formula is C13H21NO2. The highest BCUT2D eigenvalue weighted by Crippen LogP contribution is 2.23. The summed E-state index contributed by atoms with van der Waals surface area (Å²) in [6, 6.07) is 4.13. The van der Waals surface area contributed by atoms with Gasteiger partial charge < -0.3 is 15.2 Å². The molecule has 2 N–H and O–H groups in total. The van der Waals surface area contributed by atoms with E-state index >= 15 is 0 Å². The van der Waals surface area contributed by atoms with Crippen LogP contribution in [0.5, 0.6) is 5.75 Å². The minimum atomic E-state index is 0.195. The van der Waals surface area contributed by atoms with Crippen molar-refractivity contribution < 1.29 is 9.84 Å². The fraction of sp³-hybridized carbons (Fsp3) is 0.538. The first kappa shape index (κ1) is 13.0. The van der Waals surface area contributed by atoms with E-state index in [2.05, 4.69) is 25.2 Å². The summed E-state index contributed by atoms with van der Waals surface area (Å²) < 4.78 is 5.28. The van der Waals surface area contributed by atoms with Gasteiger partial charge in [0.05, 0.1) is 13.7 Å². The van der Waals surface area contributed by atoms with Crippen LogP contribution in [0.4, 0.5) is 0 Å².